The molecule has 1 unspecified atom stereocenters. The van der Waals surface area contributed by atoms with Crippen LogP contribution in [-0.2, 0) is 16.0 Å². The molecular formula is C16H24N2O2. The summed E-state index contributed by atoms with van der Waals surface area (Å²) in [6.45, 7) is 1.97. The van der Waals surface area contributed by atoms with Gasteiger partial charge in [-0.25, -0.2) is 0 Å². The lowest BCUT2D eigenvalue weighted by molar-refractivity contribution is -0.152. The Morgan fingerprint density at radius 3 is 2.65 bits per heavy atom. The average molecular weight is 276 g/mol. The summed E-state index contributed by atoms with van der Waals surface area (Å²) in [5, 5.41) is 0. The first-order chi connectivity index (χ1) is 9.65. The van der Waals surface area contributed by atoms with E-state index in [0.717, 1.165) is 32.4 Å². The maximum Gasteiger partial charge on any atom is 0.323 e. The molecule has 2 rings (SSSR count). The molecule has 4 nitrogen and oxygen atoms in total. The maximum absolute atomic E-state index is 12.0. The van der Waals surface area contributed by atoms with E-state index in [2.05, 4.69) is 24.1 Å². The molecule has 0 amide bonds. The minimum atomic E-state index is -0.519. The molecule has 20 heavy (non-hydrogen) atoms. The average Bonchev–Trinajstić information content (AvgIpc) is 2.48. The number of ether oxygens (including phenoxy) is 1. The first-order valence-corrected chi connectivity index (χ1v) is 7.33. The molecule has 1 saturated heterocycles. The molecule has 1 aromatic rings. The monoisotopic (exact) mass is 276 g/mol. The first kappa shape index (κ1) is 15.0. The van der Waals surface area contributed by atoms with E-state index < -0.39 is 6.04 Å². The number of nitrogens with zero attached hydrogens (tertiary/aromatic N) is 1. The quantitative estimate of drug-likeness (QED) is 0.830. The molecule has 0 saturated carbocycles. The molecule has 0 aliphatic carbocycles. The van der Waals surface area contributed by atoms with Gasteiger partial charge in [0.1, 0.15) is 12.1 Å². The fourth-order valence-electron chi connectivity index (χ4n) is 2.44. The molecule has 0 spiro atoms. The van der Waals surface area contributed by atoms with Crippen LogP contribution in [0.4, 0.5) is 0 Å². The predicted molar refractivity (Wildman–Crippen MR) is 79.3 cm³/mol. The second-order valence-electron chi connectivity index (χ2n) is 5.57. The summed E-state index contributed by atoms with van der Waals surface area (Å²) in [6, 6.07) is 9.56. The van der Waals surface area contributed by atoms with Gasteiger partial charge < -0.3 is 15.4 Å². The molecular weight excluding hydrogens is 252 g/mol. The van der Waals surface area contributed by atoms with E-state index in [1.54, 1.807) is 0 Å². The summed E-state index contributed by atoms with van der Waals surface area (Å²) in [6.07, 6.45) is 3.31. The van der Waals surface area contributed by atoms with Crippen LogP contribution in [0.1, 0.15) is 24.8 Å². The van der Waals surface area contributed by atoms with Crippen molar-refractivity contribution >= 4 is 5.97 Å². The molecule has 0 radical (unpaired) electrons. The van der Waals surface area contributed by atoms with Gasteiger partial charge in [0, 0.05) is 13.1 Å². The number of aryl methyl sites for hydroxylation is 1. The van der Waals surface area contributed by atoms with E-state index in [1.165, 1.54) is 5.56 Å². The Morgan fingerprint density at radius 1 is 1.35 bits per heavy atom. The third-order valence-corrected chi connectivity index (χ3v) is 3.84. The van der Waals surface area contributed by atoms with Gasteiger partial charge in [-0.2, -0.15) is 0 Å². The van der Waals surface area contributed by atoms with Crippen LogP contribution >= 0.6 is 0 Å². The van der Waals surface area contributed by atoms with Gasteiger partial charge in [-0.05, 0) is 38.3 Å². The predicted octanol–water partition coefficient (Wildman–Crippen LogP) is 1.58. The van der Waals surface area contributed by atoms with Gasteiger partial charge in [0.2, 0.25) is 0 Å². The number of carbonyl (C=O) groups is 1. The Morgan fingerprint density at radius 2 is 2.00 bits per heavy atom. The van der Waals surface area contributed by atoms with Crippen LogP contribution in [0.3, 0.4) is 0 Å². The third-order valence-electron chi connectivity index (χ3n) is 3.84. The lowest BCUT2D eigenvalue weighted by Crippen LogP contribution is -2.40. The van der Waals surface area contributed by atoms with Crippen molar-refractivity contribution in [2.75, 3.05) is 20.1 Å². The Balaban J connectivity index is 1.72. The zero-order valence-corrected chi connectivity index (χ0v) is 12.1. The van der Waals surface area contributed by atoms with Crippen molar-refractivity contribution in [3.8, 4) is 0 Å². The number of hydrogen-bond acceptors (Lipinski definition) is 4. The largest absolute Gasteiger partial charge is 0.461 e. The van der Waals surface area contributed by atoms with E-state index in [-0.39, 0.29) is 12.1 Å². The SMILES string of the molecule is CN1CCC(OC(=O)C(N)CCc2ccccc2)CC1. The van der Waals surface area contributed by atoms with E-state index in [1.807, 2.05) is 18.2 Å². The van der Waals surface area contributed by atoms with E-state index >= 15 is 0 Å². The first-order valence-electron chi connectivity index (χ1n) is 7.33. The van der Waals surface area contributed by atoms with Gasteiger partial charge in [-0.15, -0.1) is 0 Å². The highest BCUT2D eigenvalue weighted by Gasteiger charge is 2.23. The fraction of sp³-hybridized carbons (Fsp3) is 0.562. The Kier molecular flexibility index (Phi) is 5.56. The van der Waals surface area contributed by atoms with Crippen molar-refractivity contribution in [2.24, 2.45) is 5.73 Å². The van der Waals surface area contributed by atoms with Crippen molar-refractivity contribution in [1.29, 1.82) is 0 Å². The standard InChI is InChI=1S/C16H24N2O2/c1-18-11-9-14(10-12-18)20-16(19)15(17)8-7-13-5-3-2-4-6-13/h2-6,14-15H,7-12,17H2,1H3. The Bertz CT molecular complexity index is 414. The normalized spacial score (nSPS) is 18.7. The van der Waals surface area contributed by atoms with Crippen LogP contribution in [0.25, 0.3) is 0 Å². The minimum Gasteiger partial charge on any atom is -0.461 e. The van der Waals surface area contributed by atoms with Gasteiger partial charge in [-0.1, -0.05) is 30.3 Å². The number of nitrogens with two attached hydrogens (primary N) is 1. The van der Waals surface area contributed by atoms with E-state index in [0.29, 0.717) is 6.42 Å². The molecule has 1 aromatic carbocycles. The number of likely N-dealkylation sites (tertiary alicyclic amines) is 1. The van der Waals surface area contributed by atoms with Crippen molar-refractivity contribution in [3.63, 3.8) is 0 Å². The molecule has 1 atom stereocenters. The van der Waals surface area contributed by atoms with E-state index in [4.69, 9.17) is 10.5 Å². The highest BCUT2D eigenvalue weighted by atomic mass is 16.5. The highest BCUT2D eigenvalue weighted by Crippen LogP contribution is 2.13. The summed E-state index contributed by atoms with van der Waals surface area (Å²) in [4.78, 5) is 14.2. The molecule has 1 heterocycles. The summed E-state index contributed by atoms with van der Waals surface area (Å²) in [5.74, 6) is -0.254. The summed E-state index contributed by atoms with van der Waals surface area (Å²) >= 11 is 0. The second kappa shape index (κ2) is 7.41. The lowest BCUT2D eigenvalue weighted by Gasteiger charge is -2.29. The minimum absolute atomic E-state index is 0.0430. The van der Waals surface area contributed by atoms with Gasteiger partial charge in [0.05, 0.1) is 0 Å². The molecule has 1 fully saturated rings. The van der Waals surface area contributed by atoms with Crippen molar-refractivity contribution in [1.82, 2.24) is 4.90 Å². The number of esters is 1. The number of hydrogen-bond donors (Lipinski definition) is 1. The zero-order chi connectivity index (χ0) is 14.4. The van der Waals surface area contributed by atoms with Gasteiger partial charge in [0.25, 0.3) is 0 Å². The van der Waals surface area contributed by atoms with Crippen LogP contribution in [0, 0.1) is 0 Å². The molecule has 1 aliphatic rings. The van der Waals surface area contributed by atoms with Gasteiger partial charge in [-0.3, -0.25) is 4.79 Å². The van der Waals surface area contributed by atoms with Crippen LogP contribution < -0.4 is 5.73 Å². The second-order valence-corrected chi connectivity index (χ2v) is 5.57. The molecule has 1 aliphatic heterocycles. The van der Waals surface area contributed by atoms with E-state index in [9.17, 15) is 4.79 Å². The van der Waals surface area contributed by atoms with Crippen molar-refractivity contribution < 1.29 is 9.53 Å². The van der Waals surface area contributed by atoms with Gasteiger partial charge in [0.15, 0.2) is 0 Å². The Labute approximate surface area is 120 Å². The number of carbonyl (C=O) groups excluding carboxylic acids is 1. The van der Waals surface area contributed by atoms with Crippen molar-refractivity contribution in [2.45, 2.75) is 37.8 Å². The van der Waals surface area contributed by atoms with Crippen LogP contribution in [0.2, 0.25) is 0 Å². The molecule has 0 bridgehead atoms. The van der Waals surface area contributed by atoms with Crippen molar-refractivity contribution in [3.05, 3.63) is 35.9 Å². The van der Waals surface area contributed by atoms with Crippen LogP contribution in [0.5, 0.6) is 0 Å². The van der Waals surface area contributed by atoms with Gasteiger partial charge >= 0.3 is 5.97 Å². The summed E-state index contributed by atoms with van der Waals surface area (Å²) in [5.41, 5.74) is 7.13. The smallest absolute Gasteiger partial charge is 0.323 e. The summed E-state index contributed by atoms with van der Waals surface area (Å²) < 4.78 is 5.50. The topological polar surface area (TPSA) is 55.6 Å². The zero-order valence-electron chi connectivity index (χ0n) is 12.1. The lowest BCUT2D eigenvalue weighted by atomic mass is 10.1. The Hall–Kier alpha value is -1.39. The third kappa shape index (κ3) is 4.62. The summed E-state index contributed by atoms with van der Waals surface area (Å²) in [7, 11) is 2.09. The number of piperidine rings is 1. The highest BCUT2D eigenvalue weighted by molar-refractivity contribution is 5.75. The number of benzene rings is 1. The maximum atomic E-state index is 12.0. The van der Waals surface area contributed by atoms with Crippen LogP contribution in [-0.4, -0.2) is 43.2 Å². The molecule has 0 aromatic heterocycles. The molecule has 4 heteroatoms. The number of rotatable bonds is 5. The molecule has 110 valence electrons. The fourth-order valence-corrected chi connectivity index (χ4v) is 2.44. The van der Waals surface area contributed by atoms with Crippen LogP contribution in [0.15, 0.2) is 30.3 Å². The molecule has 2 N–H and O–H groups in total.